The summed E-state index contributed by atoms with van der Waals surface area (Å²) < 4.78 is 40.2. The molecule has 1 atom stereocenters. The van der Waals surface area contributed by atoms with Crippen molar-refractivity contribution in [2.24, 2.45) is 0 Å². The van der Waals surface area contributed by atoms with Gasteiger partial charge in [0, 0.05) is 18.9 Å². The molecule has 1 N–H and O–H groups in total. The van der Waals surface area contributed by atoms with Gasteiger partial charge >= 0.3 is 0 Å². The number of benzene rings is 1. The van der Waals surface area contributed by atoms with Crippen LogP contribution in [0.1, 0.15) is 11.9 Å². The first-order valence-corrected chi connectivity index (χ1v) is 11.6. The van der Waals surface area contributed by atoms with Crippen LogP contribution in [0.25, 0.3) is 17.2 Å². The van der Waals surface area contributed by atoms with E-state index in [1.807, 2.05) is 24.3 Å². The Morgan fingerprint density at radius 1 is 0.944 bits per heavy atom. The van der Waals surface area contributed by atoms with Crippen molar-refractivity contribution in [1.29, 1.82) is 0 Å². The molecule has 1 aromatic carbocycles. The maximum absolute atomic E-state index is 13.2. The summed E-state index contributed by atoms with van der Waals surface area (Å²) in [6.07, 6.45) is 1.72. The van der Waals surface area contributed by atoms with Crippen LogP contribution in [0.4, 0.5) is 10.3 Å². The van der Waals surface area contributed by atoms with Gasteiger partial charge < -0.3 is 18.9 Å². The van der Waals surface area contributed by atoms with Gasteiger partial charge in [-0.3, -0.25) is 9.29 Å². The monoisotopic (exact) mass is 513 g/mol. The number of rotatable bonds is 11. The van der Waals surface area contributed by atoms with E-state index >= 15 is 0 Å². The van der Waals surface area contributed by atoms with Gasteiger partial charge in [-0.05, 0) is 30.1 Å². The molecule has 3 aromatic heterocycles. The number of hydrogen-bond acceptors (Lipinski definition) is 11. The van der Waals surface area contributed by atoms with Crippen molar-refractivity contribution in [3.05, 3.63) is 60.4 Å². The Morgan fingerprint density at radius 3 is 2.28 bits per heavy atom. The minimum Gasteiger partial charge on any atom is -0.494 e. The Morgan fingerprint density at radius 2 is 1.64 bits per heavy atom. The molecule has 0 aliphatic carbocycles. The van der Waals surface area contributed by atoms with Crippen LogP contribution in [0.5, 0.6) is 17.4 Å². The third-order valence-corrected chi connectivity index (χ3v) is 5.86. The van der Waals surface area contributed by atoms with Crippen LogP contribution < -0.4 is 18.9 Å². The zero-order chi connectivity index (χ0) is 25.5. The number of aromatic nitrogens is 6. The number of anilines is 1. The van der Waals surface area contributed by atoms with E-state index in [2.05, 4.69) is 29.9 Å². The topological polar surface area (TPSA) is 118 Å². The van der Waals surface area contributed by atoms with Crippen molar-refractivity contribution in [2.75, 3.05) is 38.9 Å². The Kier molecular flexibility index (Phi) is 8.13. The van der Waals surface area contributed by atoms with Crippen LogP contribution in [0.15, 0.2) is 48.8 Å². The second-order valence-corrected chi connectivity index (χ2v) is 7.98. The smallest absolute Gasteiger partial charge is 0.239 e. The van der Waals surface area contributed by atoms with Gasteiger partial charge in [-0.15, -0.1) is 10.2 Å². The fraction of sp³-hybridized carbons (Fsp3) is 0.261. The summed E-state index contributed by atoms with van der Waals surface area (Å²) in [7, 11) is 6.22. The number of ether oxygens (including phenoxy) is 4. The van der Waals surface area contributed by atoms with Crippen LogP contribution in [0.2, 0.25) is 0 Å². The molecule has 0 fully saturated rings. The van der Waals surface area contributed by atoms with Gasteiger partial charge in [-0.2, -0.15) is 0 Å². The number of methoxy groups -OCH3 is 4. The molecule has 0 amide bonds. The standard InChI is InChI=1S/C23H24FN7O4S/c1-32-16-8-6-9-17(33-2)20(16)31-22(15-7-5-10-19(27-15)35-4)28-29-23(31)30-36-13-18(34-3)21-25-11-14(24)12-26-21/h5-12,18H,13H2,1-4H3,(H,29,30). The minimum atomic E-state index is -0.517. The largest absolute Gasteiger partial charge is 0.494 e. The molecule has 1 unspecified atom stereocenters. The highest BCUT2D eigenvalue weighted by atomic mass is 32.2. The Labute approximate surface area is 211 Å². The van der Waals surface area contributed by atoms with Crippen molar-refractivity contribution in [1.82, 2.24) is 29.7 Å². The fourth-order valence-electron chi connectivity index (χ4n) is 3.35. The summed E-state index contributed by atoms with van der Waals surface area (Å²) in [5.41, 5.74) is 1.11. The number of para-hydroxylation sites is 1. The molecular formula is C23H24FN7O4S. The lowest BCUT2D eigenvalue weighted by atomic mass is 10.2. The fourth-order valence-corrected chi connectivity index (χ4v) is 4.13. The van der Waals surface area contributed by atoms with Gasteiger partial charge in [0.15, 0.2) is 17.5 Å². The molecule has 0 saturated heterocycles. The Hall–Kier alpha value is -3.97. The molecule has 13 heteroatoms. The molecule has 0 radical (unpaired) electrons. The molecule has 11 nitrogen and oxygen atoms in total. The number of hydrogen-bond donors (Lipinski definition) is 1. The van der Waals surface area contributed by atoms with Crippen LogP contribution in [0, 0.1) is 5.82 Å². The van der Waals surface area contributed by atoms with Crippen LogP contribution in [-0.2, 0) is 4.74 Å². The zero-order valence-electron chi connectivity index (χ0n) is 20.0. The van der Waals surface area contributed by atoms with Crippen LogP contribution >= 0.6 is 11.9 Å². The van der Waals surface area contributed by atoms with E-state index in [0.29, 0.717) is 52.1 Å². The predicted molar refractivity (Wildman–Crippen MR) is 132 cm³/mol. The Bertz CT molecular complexity index is 1280. The van der Waals surface area contributed by atoms with E-state index in [9.17, 15) is 4.39 Å². The molecule has 3 heterocycles. The summed E-state index contributed by atoms with van der Waals surface area (Å²) in [6, 6.07) is 10.8. The first kappa shape index (κ1) is 25.1. The molecule has 188 valence electrons. The summed E-state index contributed by atoms with van der Waals surface area (Å²) in [5, 5.41) is 8.73. The second-order valence-electron chi connectivity index (χ2n) is 7.16. The number of nitrogens with one attached hydrogen (secondary N) is 1. The highest BCUT2D eigenvalue weighted by molar-refractivity contribution is 8.00. The average Bonchev–Trinajstić information content (AvgIpc) is 3.34. The predicted octanol–water partition coefficient (Wildman–Crippen LogP) is 3.73. The maximum atomic E-state index is 13.2. The molecule has 0 aliphatic rings. The highest BCUT2D eigenvalue weighted by Gasteiger charge is 2.24. The lowest BCUT2D eigenvalue weighted by Crippen LogP contribution is -2.12. The number of pyridine rings is 1. The molecule has 0 aliphatic heterocycles. The van der Waals surface area contributed by atoms with Gasteiger partial charge in [0.25, 0.3) is 0 Å². The summed E-state index contributed by atoms with van der Waals surface area (Å²) in [6.45, 7) is 0. The third kappa shape index (κ3) is 5.31. The van der Waals surface area contributed by atoms with Gasteiger partial charge in [-0.25, -0.2) is 19.3 Å². The summed E-state index contributed by atoms with van der Waals surface area (Å²) in [4.78, 5) is 12.5. The van der Waals surface area contributed by atoms with Crippen LogP contribution in [0.3, 0.4) is 0 Å². The zero-order valence-corrected chi connectivity index (χ0v) is 20.8. The van der Waals surface area contributed by atoms with Crippen molar-refractivity contribution in [3.63, 3.8) is 0 Å². The SMILES string of the molecule is COc1cccc(-c2nnc(NSCC(OC)c3ncc(F)cn3)n2-c2c(OC)cccc2OC)n1. The molecular weight excluding hydrogens is 489 g/mol. The van der Waals surface area contributed by atoms with Gasteiger partial charge in [-0.1, -0.05) is 12.1 Å². The van der Waals surface area contributed by atoms with Gasteiger partial charge in [0.05, 0.1) is 33.7 Å². The minimum absolute atomic E-state index is 0.363. The van der Waals surface area contributed by atoms with E-state index in [0.717, 1.165) is 12.4 Å². The third-order valence-electron chi connectivity index (χ3n) is 5.06. The molecule has 4 rings (SSSR count). The highest BCUT2D eigenvalue weighted by Crippen LogP contribution is 2.38. The lowest BCUT2D eigenvalue weighted by molar-refractivity contribution is 0.115. The van der Waals surface area contributed by atoms with E-state index in [1.54, 1.807) is 38.0 Å². The number of halogens is 1. The average molecular weight is 514 g/mol. The van der Waals surface area contributed by atoms with Crippen LogP contribution in [-0.4, -0.2) is 63.9 Å². The molecule has 4 aromatic rings. The van der Waals surface area contributed by atoms with E-state index in [-0.39, 0.29) is 0 Å². The van der Waals surface area contributed by atoms with E-state index in [4.69, 9.17) is 18.9 Å². The lowest BCUT2D eigenvalue weighted by Gasteiger charge is -2.18. The number of nitrogens with zero attached hydrogens (tertiary/aromatic N) is 6. The summed E-state index contributed by atoms with van der Waals surface area (Å²) >= 11 is 1.29. The van der Waals surface area contributed by atoms with Gasteiger partial charge in [0.1, 0.15) is 29.0 Å². The van der Waals surface area contributed by atoms with Crippen molar-refractivity contribution in [3.8, 4) is 34.6 Å². The molecule has 0 spiro atoms. The maximum Gasteiger partial charge on any atom is 0.239 e. The van der Waals surface area contributed by atoms with Crippen molar-refractivity contribution >= 4 is 17.9 Å². The molecule has 0 bridgehead atoms. The molecule has 36 heavy (non-hydrogen) atoms. The molecule has 0 saturated carbocycles. The first-order valence-electron chi connectivity index (χ1n) is 10.7. The first-order chi connectivity index (χ1) is 17.6. The quantitative estimate of drug-likeness (QED) is 0.296. The summed E-state index contributed by atoms with van der Waals surface area (Å²) in [5.74, 6) is 2.58. The van der Waals surface area contributed by atoms with E-state index in [1.165, 1.54) is 19.1 Å². The van der Waals surface area contributed by atoms with Crippen molar-refractivity contribution in [2.45, 2.75) is 6.10 Å². The normalized spacial score (nSPS) is 11.7. The Balaban J connectivity index is 1.71. The second kappa shape index (κ2) is 11.6. The van der Waals surface area contributed by atoms with Crippen molar-refractivity contribution < 1.29 is 23.3 Å². The van der Waals surface area contributed by atoms with Gasteiger partial charge in [0.2, 0.25) is 11.8 Å². The van der Waals surface area contributed by atoms with E-state index < -0.39 is 11.9 Å².